The molecule has 1 amide bonds. The number of nitrogens with zero attached hydrogens (tertiary/aromatic N) is 1. The number of carbonyl (C=O) groups excluding carboxylic acids is 1. The Kier molecular flexibility index (Phi) is 37.9. The molecule has 0 aromatic rings. The molecule has 0 aromatic carbocycles. The molecule has 0 saturated heterocycles. The summed E-state index contributed by atoms with van der Waals surface area (Å²) in [6.45, 7) is 4.55. The number of aliphatic hydroxyl groups excluding tert-OH is 1. The number of quaternary nitrogens is 1. The molecular weight excluding hydrogens is 719 g/mol. The van der Waals surface area contributed by atoms with Crippen LogP contribution < -0.4 is 10.2 Å². The zero-order valence-electron chi connectivity index (χ0n) is 37.1. The van der Waals surface area contributed by atoms with Gasteiger partial charge in [-0.15, -0.1) is 0 Å². The van der Waals surface area contributed by atoms with Crippen molar-refractivity contribution in [2.24, 2.45) is 0 Å². The van der Waals surface area contributed by atoms with Gasteiger partial charge in [0, 0.05) is 6.42 Å². The van der Waals surface area contributed by atoms with Crippen LogP contribution in [0.1, 0.15) is 194 Å². The molecule has 0 bridgehead atoms. The van der Waals surface area contributed by atoms with E-state index in [1.165, 1.54) is 103 Å². The van der Waals surface area contributed by atoms with Gasteiger partial charge >= 0.3 is 0 Å². The van der Waals surface area contributed by atoms with Crippen LogP contribution in [0.4, 0.5) is 0 Å². The van der Waals surface area contributed by atoms with Gasteiger partial charge in [-0.2, -0.15) is 0 Å². The molecule has 0 fully saturated rings. The number of likely N-dealkylation sites (N-methyl/N-ethyl adjacent to an activating group) is 1. The van der Waals surface area contributed by atoms with Crippen LogP contribution in [0.15, 0.2) is 48.6 Å². The van der Waals surface area contributed by atoms with E-state index in [0.717, 1.165) is 64.2 Å². The van der Waals surface area contributed by atoms with Crippen LogP contribution in [-0.4, -0.2) is 68.5 Å². The van der Waals surface area contributed by atoms with Gasteiger partial charge in [0.15, 0.2) is 0 Å². The molecule has 3 atom stereocenters. The summed E-state index contributed by atoms with van der Waals surface area (Å²) in [4.78, 5) is 25.2. The largest absolute Gasteiger partial charge is 0.756 e. The Morgan fingerprint density at radius 2 is 1.09 bits per heavy atom. The van der Waals surface area contributed by atoms with Gasteiger partial charge < -0.3 is 28.8 Å². The molecule has 9 heteroatoms. The van der Waals surface area contributed by atoms with Crippen molar-refractivity contribution in [2.75, 3.05) is 40.9 Å². The van der Waals surface area contributed by atoms with Gasteiger partial charge in [-0.3, -0.25) is 9.36 Å². The second-order valence-electron chi connectivity index (χ2n) is 16.7. The summed E-state index contributed by atoms with van der Waals surface area (Å²) in [5.74, 6) is -0.172. The number of nitrogens with one attached hydrogen (secondary N) is 1. The summed E-state index contributed by atoms with van der Waals surface area (Å²) in [5, 5.41) is 13.8. The zero-order chi connectivity index (χ0) is 41.4. The van der Waals surface area contributed by atoms with Gasteiger partial charge in [0.25, 0.3) is 7.82 Å². The van der Waals surface area contributed by atoms with E-state index < -0.39 is 20.0 Å². The molecule has 0 aliphatic rings. The second-order valence-corrected chi connectivity index (χ2v) is 18.1. The van der Waals surface area contributed by atoms with E-state index in [2.05, 4.69) is 67.8 Å². The molecule has 56 heavy (non-hydrogen) atoms. The standard InChI is InChI=1S/C47H89N2O6P/c1-6-8-10-12-14-15-16-17-18-19-20-21-22-23-24-25-26-27-28-29-30-31-32-33-35-37-39-41-47(51)48-45(46(50)40-38-36-34-13-11-9-7-2)44-55-56(52,53)54-43-42-49(3,4)5/h8,10,14-15,17-18,20-21,45-46,50H,6-7,9,11-13,16,19,22-44H2,1-5H3,(H-,48,51,52,53)/b10-8-,15-14-,18-17-,21-20-. The molecule has 0 aliphatic carbocycles. The Labute approximate surface area is 346 Å². The number of allylic oxidation sites excluding steroid dienone is 8. The highest BCUT2D eigenvalue weighted by atomic mass is 31.2. The van der Waals surface area contributed by atoms with Crippen molar-refractivity contribution in [2.45, 2.75) is 206 Å². The quantitative estimate of drug-likeness (QED) is 0.0276. The van der Waals surface area contributed by atoms with Gasteiger partial charge in [-0.25, -0.2) is 0 Å². The van der Waals surface area contributed by atoms with Crippen LogP contribution in [0.5, 0.6) is 0 Å². The number of hydrogen-bond donors (Lipinski definition) is 2. The molecule has 328 valence electrons. The first kappa shape index (κ1) is 54.5. The summed E-state index contributed by atoms with van der Waals surface area (Å²) in [5.41, 5.74) is 0. The van der Waals surface area contributed by atoms with Gasteiger partial charge in [0.2, 0.25) is 5.91 Å². The molecule has 3 unspecified atom stereocenters. The molecule has 0 heterocycles. The Hall–Kier alpha value is -1.54. The van der Waals surface area contributed by atoms with Crippen LogP contribution in [0, 0.1) is 0 Å². The zero-order valence-corrected chi connectivity index (χ0v) is 38.0. The van der Waals surface area contributed by atoms with Crippen molar-refractivity contribution in [3.8, 4) is 0 Å². The average Bonchev–Trinajstić information content (AvgIpc) is 3.15. The normalized spacial score (nSPS) is 14.8. The first-order chi connectivity index (χ1) is 27.0. The summed E-state index contributed by atoms with van der Waals surface area (Å²) in [7, 11) is 1.30. The van der Waals surface area contributed by atoms with Crippen LogP contribution >= 0.6 is 7.82 Å². The summed E-state index contributed by atoms with van der Waals surface area (Å²) >= 11 is 0. The lowest BCUT2D eigenvalue weighted by molar-refractivity contribution is -0.870. The maximum Gasteiger partial charge on any atom is 0.268 e. The predicted octanol–water partition coefficient (Wildman–Crippen LogP) is 12.2. The molecule has 0 saturated carbocycles. The van der Waals surface area contributed by atoms with Gasteiger partial charge in [-0.05, 0) is 51.4 Å². The van der Waals surface area contributed by atoms with E-state index in [1.54, 1.807) is 0 Å². The number of carbonyl (C=O) groups is 1. The van der Waals surface area contributed by atoms with E-state index in [0.29, 0.717) is 23.9 Å². The maximum absolute atomic E-state index is 12.8. The van der Waals surface area contributed by atoms with Crippen LogP contribution in [0.2, 0.25) is 0 Å². The summed E-state index contributed by atoms with van der Waals surface area (Å²) < 4.78 is 23.1. The SMILES string of the molecule is CC/C=C\C/C=C\C/C=C\C/C=C\CCCCCCCCCCCCCCCCC(=O)NC(COP(=O)([O-])OCC[N+](C)(C)C)C(O)CCCCCCCCC. The third-order valence-corrected chi connectivity index (χ3v) is 11.0. The molecule has 0 radical (unpaired) electrons. The van der Waals surface area contributed by atoms with Crippen molar-refractivity contribution >= 4 is 13.7 Å². The van der Waals surface area contributed by atoms with Crippen molar-refractivity contribution in [1.82, 2.24) is 5.32 Å². The smallest absolute Gasteiger partial charge is 0.268 e. The topological polar surface area (TPSA) is 108 Å². The molecule has 0 aliphatic heterocycles. The highest BCUT2D eigenvalue weighted by Gasteiger charge is 2.24. The summed E-state index contributed by atoms with van der Waals surface area (Å²) in [6.07, 6.45) is 48.6. The van der Waals surface area contributed by atoms with E-state index >= 15 is 0 Å². The number of aliphatic hydroxyl groups is 1. The number of amides is 1. The van der Waals surface area contributed by atoms with Crippen LogP contribution in [0.3, 0.4) is 0 Å². The molecule has 0 rings (SSSR count). The van der Waals surface area contributed by atoms with E-state index in [1.807, 2.05) is 21.1 Å². The number of phosphoric acid groups is 1. The van der Waals surface area contributed by atoms with Crippen molar-refractivity contribution < 1.29 is 32.9 Å². The lowest BCUT2D eigenvalue weighted by Gasteiger charge is -2.30. The molecule has 8 nitrogen and oxygen atoms in total. The third-order valence-electron chi connectivity index (χ3n) is 10.1. The third kappa shape index (κ3) is 40.6. The highest BCUT2D eigenvalue weighted by Crippen LogP contribution is 2.38. The van der Waals surface area contributed by atoms with E-state index in [4.69, 9.17) is 9.05 Å². The minimum absolute atomic E-state index is 0.0108. The van der Waals surface area contributed by atoms with Crippen molar-refractivity contribution in [3.63, 3.8) is 0 Å². The molecule has 2 N–H and O–H groups in total. The first-order valence-corrected chi connectivity index (χ1v) is 24.4. The highest BCUT2D eigenvalue weighted by molar-refractivity contribution is 7.45. The van der Waals surface area contributed by atoms with Gasteiger partial charge in [0.1, 0.15) is 13.2 Å². The molecule has 0 aromatic heterocycles. The lowest BCUT2D eigenvalue weighted by Crippen LogP contribution is -2.46. The number of phosphoric ester groups is 1. The van der Waals surface area contributed by atoms with Gasteiger partial charge in [0.05, 0.1) is 39.9 Å². The second kappa shape index (κ2) is 38.9. The monoisotopic (exact) mass is 809 g/mol. The average molecular weight is 809 g/mol. The summed E-state index contributed by atoms with van der Waals surface area (Å²) in [6, 6.07) is -0.798. The van der Waals surface area contributed by atoms with Crippen molar-refractivity contribution in [3.05, 3.63) is 48.6 Å². The predicted molar refractivity (Wildman–Crippen MR) is 238 cm³/mol. The van der Waals surface area contributed by atoms with Crippen molar-refractivity contribution in [1.29, 1.82) is 0 Å². The Balaban J connectivity index is 4.03. The lowest BCUT2D eigenvalue weighted by atomic mass is 10.0. The number of hydrogen-bond acceptors (Lipinski definition) is 6. The first-order valence-electron chi connectivity index (χ1n) is 23.0. The molecular formula is C47H89N2O6P. The fourth-order valence-electron chi connectivity index (χ4n) is 6.44. The van der Waals surface area contributed by atoms with E-state index in [9.17, 15) is 19.4 Å². The Morgan fingerprint density at radius 3 is 1.59 bits per heavy atom. The Bertz CT molecular complexity index is 1050. The fraction of sp³-hybridized carbons (Fsp3) is 0.809. The number of rotatable bonds is 41. The minimum atomic E-state index is -4.55. The van der Waals surface area contributed by atoms with Crippen LogP contribution in [-0.2, 0) is 18.4 Å². The maximum atomic E-state index is 12.8. The van der Waals surface area contributed by atoms with Gasteiger partial charge in [-0.1, -0.05) is 184 Å². The Morgan fingerprint density at radius 1 is 0.643 bits per heavy atom. The minimum Gasteiger partial charge on any atom is -0.756 e. The molecule has 0 spiro atoms. The number of unbranched alkanes of at least 4 members (excludes halogenated alkanes) is 20. The van der Waals surface area contributed by atoms with Crippen LogP contribution in [0.25, 0.3) is 0 Å². The van der Waals surface area contributed by atoms with E-state index in [-0.39, 0.29) is 19.1 Å². The fourth-order valence-corrected chi connectivity index (χ4v) is 7.16.